The summed E-state index contributed by atoms with van der Waals surface area (Å²) < 4.78 is 70.7. The van der Waals surface area contributed by atoms with E-state index in [1.54, 1.807) is 97.1 Å². The lowest BCUT2D eigenvalue weighted by Gasteiger charge is -2.19. The van der Waals surface area contributed by atoms with Crippen LogP contribution in [0.3, 0.4) is 0 Å². The van der Waals surface area contributed by atoms with Crippen molar-refractivity contribution in [1.29, 1.82) is 0 Å². The van der Waals surface area contributed by atoms with Gasteiger partial charge in [-0.05, 0) is 168 Å². The molecule has 12 rings (SSSR count). The van der Waals surface area contributed by atoms with Gasteiger partial charge in [0.25, 0.3) is 0 Å². The summed E-state index contributed by atoms with van der Waals surface area (Å²) >= 11 is 0. The van der Waals surface area contributed by atoms with Crippen molar-refractivity contribution in [3.8, 4) is 17.2 Å². The first kappa shape index (κ1) is 63.8. The van der Waals surface area contributed by atoms with E-state index in [9.17, 15) is 14.4 Å². The Kier molecular flexibility index (Phi) is 17.7. The second-order valence-electron chi connectivity index (χ2n) is 22.7. The highest BCUT2D eigenvalue weighted by Gasteiger charge is 2.32. The molecule has 28 nitrogen and oxygen atoms in total. The van der Waals surface area contributed by atoms with Gasteiger partial charge in [-0.3, -0.25) is 13.6 Å². The number of hydrogen-bond acceptors (Lipinski definition) is 25. The number of oxazole rings is 3. The molecule has 0 radical (unpaired) electrons. The number of hydrogen-bond donors (Lipinski definition) is 6. The molecule has 0 unspecified atom stereocenters. The number of anilines is 12. The Morgan fingerprint density at radius 2 is 0.642 bits per heavy atom. The first-order valence-corrected chi connectivity index (χ1v) is 31.1. The van der Waals surface area contributed by atoms with Crippen molar-refractivity contribution in [1.82, 2.24) is 43.6 Å². The minimum Gasteiger partial charge on any atom is -0.497 e. The van der Waals surface area contributed by atoms with Crippen LogP contribution < -0.4 is 63.4 Å². The standard InChI is InChI=1S/C66H66N15O13P/c1-34-13-43(22-49(16-34)86-10)73-61-67-28-40(7)58(76-61)70-46-19-37(4)55-52(25-46)79(64(82)92-55)31-89-95(85,90-32-80-53-26-47(20-38(5)56(53)93-65(80)83)71-59-41(8)29-68-62(77-59)74-44-14-35(2)17-50(23-44)87-11)91-33-81-54-27-48(21-39(6)57(54)94-66(81)84)72-60-42(9)30-69-63(78-60)75-45-15-36(3)18-51(24-45)88-12/h13-30H,31-33H2,1-12H3,(H2,67,70,73,76)(H2,68,71,74,77)(H2,69,72,75,78). The van der Waals surface area contributed by atoms with Gasteiger partial charge in [-0.2, -0.15) is 15.0 Å². The van der Waals surface area contributed by atoms with Gasteiger partial charge in [-0.25, -0.2) is 47.6 Å². The minimum absolute atomic E-state index is 0.191. The Bertz CT molecular complexity index is 4700. The molecule has 6 aromatic carbocycles. The number of nitrogens with zero attached hydrogens (tertiary/aromatic N) is 9. The van der Waals surface area contributed by atoms with E-state index in [1.807, 2.05) is 96.1 Å². The monoisotopic (exact) mass is 1310 g/mol. The number of benzene rings is 6. The van der Waals surface area contributed by atoms with E-state index in [4.69, 9.17) is 56.0 Å². The van der Waals surface area contributed by atoms with Crippen LogP contribution in [0.4, 0.5) is 69.4 Å². The molecule has 0 aliphatic carbocycles. The maximum atomic E-state index is 15.5. The van der Waals surface area contributed by atoms with E-state index >= 15 is 4.57 Å². The largest absolute Gasteiger partial charge is 0.497 e. The molecule has 0 bridgehead atoms. The third-order valence-corrected chi connectivity index (χ3v) is 16.5. The molecule has 488 valence electrons. The molecule has 6 N–H and O–H groups in total. The molecule has 0 spiro atoms. The SMILES string of the molecule is COc1cc(C)cc(Nc2ncc(C)c(Nc3cc(C)c4oc(=O)n(COP(=O)(OCn5c(=O)oc6c(C)cc(Nc7nc(Nc8cc(C)cc(OC)c8)ncc7C)cc65)OCn5c(=O)oc6c(C)cc(Nc7nc(Nc8cc(C)cc(OC)c8)ncc7C)cc65)c4c3)n2)c1. The third kappa shape index (κ3) is 14.1. The van der Waals surface area contributed by atoms with Gasteiger partial charge in [-0.15, -0.1) is 0 Å². The number of ether oxygens (including phenoxy) is 3. The molecule has 0 atom stereocenters. The minimum atomic E-state index is -5.07. The van der Waals surface area contributed by atoms with Crippen molar-refractivity contribution in [2.45, 2.75) is 82.5 Å². The molecule has 6 aromatic heterocycles. The van der Waals surface area contributed by atoms with Crippen LogP contribution in [0.15, 0.2) is 137 Å². The lowest BCUT2D eigenvalue weighted by atomic mass is 10.2. The molecule has 0 saturated carbocycles. The average molecular weight is 1310 g/mol. The zero-order valence-electron chi connectivity index (χ0n) is 53.8. The van der Waals surface area contributed by atoms with Gasteiger partial charge in [0.05, 0.1) is 37.9 Å². The van der Waals surface area contributed by atoms with Crippen LogP contribution >= 0.6 is 7.82 Å². The number of aryl methyl sites for hydroxylation is 9. The second-order valence-corrected chi connectivity index (χ2v) is 24.3. The van der Waals surface area contributed by atoms with Gasteiger partial charge in [0, 0.05) is 87.6 Å². The fourth-order valence-corrected chi connectivity index (χ4v) is 11.6. The Balaban J connectivity index is 0.852. The van der Waals surface area contributed by atoms with Gasteiger partial charge in [0.1, 0.15) is 54.9 Å². The summed E-state index contributed by atoms with van der Waals surface area (Å²) in [7, 11) is -0.300. The molecule has 0 saturated heterocycles. The zero-order chi connectivity index (χ0) is 67.0. The predicted molar refractivity (Wildman–Crippen MR) is 360 cm³/mol. The quantitative estimate of drug-likeness (QED) is 0.0306. The van der Waals surface area contributed by atoms with Gasteiger partial charge >= 0.3 is 25.1 Å². The van der Waals surface area contributed by atoms with E-state index in [2.05, 4.69) is 46.9 Å². The van der Waals surface area contributed by atoms with E-state index in [1.165, 1.54) is 0 Å². The molecule has 0 aliphatic rings. The van der Waals surface area contributed by atoms with Crippen LogP contribution in [-0.2, 0) is 38.3 Å². The maximum Gasteiger partial charge on any atom is 0.480 e. The topological polar surface area (TPSA) is 327 Å². The average Bonchev–Trinajstić information content (AvgIpc) is 1.67. The molecule has 95 heavy (non-hydrogen) atoms. The molecule has 0 amide bonds. The number of aromatic nitrogens is 9. The second kappa shape index (κ2) is 26.4. The summed E-state index contributed by atoms with van der Waals surface area (Å²) in [6.45, 7) is 14.2. The maximum absolute atomic E-state index is 15.5. The fraction of sp³-hybridized carbons (Fsp3) is 0.227. The van der Waals surface area contributed by atoms with Crippen LogP contribution in [0.2, 0.25) is 0 Å². The number of methoxy groups -OCH3 is 3. The summed E-state index contributed by atoms with van der Waals surface area (Å²) in [5.74, 6) is 1.52. The number of phosphoric ester groups is 1. The molecule has 0 aliphatic heterocycles. The summed E-state index contributed by atoms with van der Waals surface area (Å²) in [6.07, 6.45) is 4.97. The normalized spacial score (nSPS) is 11.6. The smallest absolute Gasteiger partial charge is 0.480 e. The highest BCUT2D eigenvalue weighted by Crippen LogP contribution is 2.51. The van der Waals surface area contributed by atoms with E-state index in [0.717, 1.165) is 30.4 Å². The highest BCUT2D eigenvalue weighted by molar-refractivity contribution is 7.48. The van der Waals surface area contributed by atoms with Crippen LogP contribution in [0.5, 0.6) is 17.2 Å². The van der Waals surface area contributed by atoms with Crippen molar-refractivity contribution in [2.75, 3.05) is 53.2 Å². The lowest BCUT2D eigenvalue weighted by molar-refractivity contribution is 0.0522. The number of rotatable bonds is 24. The molecule has 29 heteroatoms. The van der Waals surface area contributed by atoms with Crippen LogP contribution in [-0.4, -0.2) is 64.9 Å². The molecular weight excluding hydrogens is 1240 g/mol. The van der Waals surface area contributed by atoms with E-state index < -0.39 is 45.3 Å². The Labute approximate surface area is 541 Å². The van der Waals surface area contributed by atoms with Crippen molar-refractivity contribution < 1.29 is 45.6 Å². The zero-order valence-corrected chi connectivity index (χ0v) is 54.7. The van der Waals surface area contributed by atoms with Gasteiger partial charge in [0.2, 0.25) is 17.8 Å². The van der Waals surface area contributed by atoms with Gasteiger partial charge in [-0.1, -0.05) is 0 Å². The fourth-order valence-electron chi connectivity index (χ4n) is 10.6. The summed E-state index contributed by atoms with van der Waals surface area (Å²) in [6, 6.07) is 27.1. The predicted octanol–water partition coefficient (Wildman–Crippen LogP) is 13.5. The third-order valence-electron chi connectivity index (χ3n) is 15.2. The Hall–Kier alpha value is -11.3. The van der Waals surface area contributed by atoms with Gasteiger partial charge < -0.3 is 59.4 Å². The van der Waals surface area contributed by atoms with Crippen LogP contribution in [0.1, 0.15) is 50.1 Å². The number of nitrogens with one attached hydrogen (secondary N) is 6. The van der Waals surface area contributed by atoms with E-state index in [-0.39, 0.29) is 33.3 Å². The van der Waals surface area contributed by atoms with Gasteiger partial charge in [0.15, 0.2) is 16.7 Å². The van der Waals surface area contributed by atoms with Crippen molar-refractivity contribution in [2.24, 2.45) is 0 Å². The summed E-state index contributed by atoms with van der Waals surface area (Å²) in [5.41, 5.74) is 11.4. The molecule has 6 heterocycles. The summed E-state index contributed by atoms with van der Waals surface area (Å²) in [5, 5.41) is 19.7. The highest BCUT2D eigenvalue weighted by atomic mass is 31.2. The van der Waals surface area contributed by atoms with Crippen LogP contribution in [0.25, 0.3) is 33.3 Å². The van der Waals surface area contributed by atoms with Crippen LogP contribution in [0, 0.1) is 62.3 Å². The van der Waals surface area contributed by atoms with Crippen molar-refractivity contribution >= 4 is 111 Å². The number of phosphoric acid groups is 1. The van der Waals surface area contributed by atoms with Crippen molar-refractivity contribution in [3.05, 3.63) is 191 Å². The summed E-state index contributed by atoms with van der Waals surface area (Å²) in [4.78, 5) is 69.5. The van der Waals surface area contributed by atoms with E-state index in [0.29, 0.717) is 120 Å². The molecule has 0 fully saturated rings. The number of fused-ring (bicyclic) bond motifs is 3. The molecule has 12 aromatic rings. The van der Waals surface area contributed by atoms with Crippen molar-refractivity contribution in [3.63, 3.8) is 0 Å². The Morgan fingerprint density at radius 3 is 0.916 bits per heavy atom. The first-order chi connectivity index (χ1) is 45.6. The Morgan fingerprint density at radius 1 is 0.368 bits per heavy atom. The lowest BCUT2D eigenvalue weighted by Crippen LogP contribution is -2.20. The molecular formula is C66H66N15O13P. The first-order valence-electron chi connectivity index (χ1n) is 29.6.